The van der Waals surface area contributed by atoms with E-state index in [9.17, 15) is 5.11 Å². The first-order chi connectivity index (χ1) is 7.24. The summed E-state index contributed by atoms with van der Waals surface area (Å²) in [6.07, 6.45) is -0.0660. The number of hydrogen-bond donors (Lipinski definition) is 1. The number of rotatable bonds is 6. The molecule has 0 aliphatic rings. The first kappa shape index (κ1) is 12.5. The molecule has 0 aliphatic heterocycles. The summed E-state index contributed by atoms with van der Waals surface area (Å²) in [7, 11) is 1.54. The topological polar surface area (TPSA) is 38.7 Å². The second kappa shape index (κ2) is 6.80. The number of ether oxygens (including phenoxy) is 2. The zero-order chi connectivity index (χ0) is 11.1. The molecule has 0 fully saturated rings. The highest BCUT2D eigenvalue weighted by Crippen LogP contribution is 2.16. The summed E-state index contributed by atoms with van der Waals surface area (Å²) in [6, 6.07) is 7.45. The van der Waals surface area contributed by atoms with Crippen LogP contribution in [0, 0.1) is 0 Å². The minimum atomic E-state index is -0.556. The maximum absolute atomic E-state index is 9.61. The Morgan fingerprint density at radius 3 is 2.80 bits per heavy atom. The van der Waals surface area contributed by atoms with Gasteiger partial charge in [0.25, 0.3) is 0 Å². The molecular weight excluding hydrogens is 216 g/mol. The van der Waals surface area contributed by atoms with Gasteiger partial charge < -0.3 is 14.6 Å². The van der Waals surface area contributed by atoms with E-state index in [1.165, 1.54) is 0 Å². The predicted octanol–water partition coefficient (Wildman–Crippen LogP) is 1.86. The minimum Gasteiger partial charge on any atom is -0.390 e. The Kier molecular flexibility index (Phi) is 5.65. The summed E-state index contributed by atoms with van der Waals surface area (Å²) in [4.78, 5) is 0. The van der Waals surface area contributed by atoms with Gasteiger partial charge in [-0.1, -0.05) is 29.8 Å². The third-order valence-electron chi connectivity index (χ3n) is 1.92. The molecule has 0 aromatic heterocycles. The molecule has 0 amide bonds. The van der Waals surface area contributed by atoms with Gasteiger partial charge in [-0.15, -0.1) is 0 Å². The molecule has 0 bridgehead atoms. The van der Waals surface area contributed by atoms with Crippen LogP contribution in [-0.4, -0.2) is 31.7 Å². The van der Waals surface area contributed by atoms with Crippen molar-refractivity contribution in [2.24, 2.45) is 0 Å². The average Bonchev–Trinajstić information content (AvgIpc) is 2.22. The van der Waals surface area contributed by atoms with Crippen LogP contribution in [0.3, 0.4) is 0 Å². The van der Waals surface area contributed by atoms with Gasteiger partial charge in [-0.2, -0.15) is 0 Å². The number of aliphatic hydroxyl groups excluding tert-OH is 1. The zero-order valence-electron chi connectivity index (χ0n) is 8.65. The van der Waals surface area contributed by atoms with Gasteiger partial charge in [-0.05, 0) is 11.6 Å². The second-order valence-corrected chi connectivity index (χ2v) is 3.63. The fourth-order valence-corrected chi connectivity index (χ4v) is 1.46. The van der Waals surface area contributed by atoms with E-state index in [0.717, 1.165) is 5.56 Å². The standard InChI is InChI=1S/C11H15ClO3/c1-14-8-15-7-10(13)6-9-4-2-3-5-11(9)12/h2-5,10,13H,6-8H2,1H3/t10-/m0/s1. The van der Waals surface area contributed by atoms with Crippen molar-refractivity contribution in [3.05, 3.63) is 34.9 Å². The lowest BCUT2D eigenvalue weighted by Gasteiger charge is -2.11. The van der Waals surface area contributed by atoms with Crippen molar-refractivity contribution in [2.75, 3.05) is 20.5 Å². The molecule has 0 heterocycles. The Bertz CT molecular complexity index is 291. The van der Waals surface area contributed by atoms with Crippen LogP contribution in [0.5, 0.6) is 0 Å². The molecule has 15 heavy (non-hydrogen) atoms. The molecule has 0 aliphatic carbocycles. The van der Waals surface area contributed by atoms with Crippen molar-refractivity contribution >= 4 is 11.6 Å². The van der Waals surface area contributed by atoms with Crippen LogP contribution in [0.25, 0.3) is 0 Å². The van der Waals surface area contributed by atoms with E-state index in [4.69, 9.17) is 21.1 Å². The molecule has 1 N–H and O–H groups in total. The van der Waals surface area contributed by atoms with Crippen LogP contribution in [-0.2, 0) is 15.9 Å². The lowest BCUT2D eigenvalue weighted by Crippen LogP contribution is -2.19. The normalized spacial score (nSPS) is 12.7. The Hall–Kier alpha value is -0.610. The van der Waals surface area contributed by atoms with E-state index >= 15 is 0 Å². The van der Waals surface area contributed by atoms with Crippen LogP contribution in [0.2, 0.25) is 5.02 Å². The highest BCUT2D eigenvalue weighted by atomic mass is 35.5. The molecule has 0 saturated heterocycles. The van der Waals surface area contributed by atoms with Crippen LogP contribution < -0.4 is 0 Å². The van der Waals surface area contributed by atoms with Crippen molar-refractivity contribution in [3.63, 3.8) is 0 Å². The van der Waals surface area contributed by atoms with Crippen molar-refractivity contribution in [1.29, 1.82) is 0 Å². The van der Waals surface area contributed by atoms with Crippen LogP contribution in [0.4, 0.5) is 0 Å². The highest BCUT2D eigenvalue weighted by molar-refractivity contribution is 6.31. The molecular formula is C11H15ClO3. The molecule has 1 aromatic rings. The van der Waals surface area contributed by atoms with Gasteiger partial charge in [0.15, 0.2) is 0 Å². The van der Waals surface area contributed by atoms with E-state index in [1.54, 1.807) is 13.2 Å². The Balaban J connectivity index is 2.37. The molecule has 0 unspecified atom stereocenters. The number of benzene rings is 1. The van der Waals surface area contributed by atoms with E-state index in [0.29, 0.717) is 11.4 Å². The second-order valence-electron chi connectivity index (χ2n) is 3.23. The molecule has 1 atom stereocenters. The SMILES string of the molecule is COCOC[C@@H](O)Cc1ccccc1Cl. The molecule has 0 radical (unpaired) electrons. The maximum Gasteiger partial charge on any atom is 0.146 e. The predicted molar refractivity (Wildman–Crippen MR) is 59.0 cm³/mol. The monoisotopic (exact) mass is 230 g/mol. The molecule has 1 rings (SSSR count). The van der Waals surface area contributed by atoms with Crippen molar-refractivity contribution in [2.45, 2.75) is 12.5 Å². The number of hydrogen-bond acceptors (Lipinski definition) is 3. The molecule has 84 valence electrons. The third kappa shape index (κ3) is 4.62. The summed E-state index contributed by atoms with van der Waals surface area (Å²) in [5, 5.41) is 10.3. The minimum absolute atomic E-state index is 0.194. The lowest BCUT2D eigenvalue weighted by molar-refractivity contribution is -0.0610. The first-order valence-corrected chi connectivity index (χ1v) is 5.10. The van der Waals surface area contributed by atoms with Gasteiger partial charge in [0.1, 0.15) is 6.79 Å². The lowest BCUT2D eigenvalue weighted by atomic mass is 10.1. The average molecular weight is 231 g/mol. The number of aliphatic hydroxyl groups is 1. The van der Waals surface area contributed by atoms with E-state index in [-0.39, 0.29) is 13.4 Å². The van der Waals surface area contributed by atoms with Crippen LogP contribution in [0.15, 0.2) is 24.3 Å². The van der Waals surface area contributed by atoms with Gasteiger partial charge in [-0.3, -0.25) is 0 Å². The van der Waals surface area contributed by atoms with Crippen LogP contribution >= 0.6 is 11.6 Å². The van der Waals surface area contributed by atoms with Gasteiger partial charge in [0, 0.05) is 18.6 Å². The Morgan fingerprint density at radius 1 is 1.40 bits per heavy atom. The van der Waals surface area contributed by atoms with Gasteiger partial charge >= 0.3 is 0 Å². The van der Waals surface area contributed by atoms with Gasteiger partial charge in [0.2, 0.25) is 0 Å². The van der Waals surface area contributed by atoms with Gasteiger partial charge in [0.05, 0.1) is 12.7 Å². The molecule has 4 heteroatoms. The smallest absolute Gasteiger partial charge is 0.146 e. The van der Waals surface area contributed by atoms with Crippen molar-refractivity contribution in [3.8, 4) is 0 Å². The van der Waals surface area contributed by atoms with E-state index in [1.807, 2.05) is 18.2 Å². The maximum atomic E-state index is 9.61. The fourth-order valence-electron chi connectivity index (χ4n) is 1.24. The molecule has 0 spiro atoms. The summed E-state index contributed by atoms with van der Waals surface area (Å²) >= 11 is 5.95. The summed E-state index contributed by atoms with van der Waals surface area (Å²) in [5.74, 6) is 0. The van der Waals surface area contributed by atoms with Crippen molar-refractivity contribution < 1.29 is 14.6 Å². The first-order valence-electron chi connectivity index (χ1n) is 4.72. The quantitative estimate of drug-likeness (QED) is 0.599. The molecule has 3 nitrogen and oxygen atoms in total. The molecule has 0 saturated carbocycles. The zero-order valence-corrected chi connectivity index (χ0v) is 9.41. The summed E-state index contributed by atoms with van der Waals surface area (Å²) in [6.45, 7) is 0.443. The molecule has 1 aromatic carbocycles. The van der Waals surface area contributed by atoms with Crippen molar-refractivity contribution in [1.82, 2.24) is 0 Å². The Labute approximate surface area is 94.6 Å². The van der Waals surface area contributed by atoms with E-state index in [2.05, 4.69) is 0 Å². The third-order valence-corrected chi connectivity index (χ3v) is 2.29. The van der Waals surface area contributed by atoms with Gasteiger partial charge in [-0.25, -0.2) is 0 Å². The summed E-state index contributed by atoms with van der Waals surface area (Å²) < 4.78 is 9.75. The summed E-state index contributed by atoms with van der Waals surface area (Å²) in [5.41, 5.74) is 0.924. The van der Waals surface area contributed by atoms with Crippen LogP contribution in [0.1, 0.15) is 5.56 Å². The largest absolute Gasteiger partial charge is 0.390 e. The fraction of sp³-hybridized carbons (Fsp3) is 0.455. The Morgan fingerprint density at radius 2 is 2.13 bits per heavy atom. The van der Waals surface area contributed by atoms with E-state index < -0.39 is 6.10 Å². The highest BCUT2D eigenvalue weighted by Gasteiger charge is 2.07. The number of methoxy groups -OCH3 is 1. The number of halogens is 1.